The second-order valence-corrected chi connectivity index (χ2v) is 4.75. The zero-order valence-electron chi connectivity index (χ0n) is 12.8. The molecule has 1 aromatic rings. The van der Waals surface area contributed by atoms with Gasteiger partial charge in [0.2, 0.25) is 0 Å². The summed E-state index contributed by atoms with van der Waals surface area (Å²) >= 11 is 0. The molecule has 1 unspecified atom stereocenters. The van der Waals surface area contributed by atoms with E-state index in [4.69, 9.17) is 4.74 Å². The number of benzene rings is 1. The average Bonchev–Trinajstić information content (AvgIpc) is 2.42. The van der Waals surface area contributed by atoms with Crippen molar-refractivity contribution in [2.75, 3.05) is 19.7 Å². The largest absolute Gasteiger partial charge is 0.466 e. The lowest BCUT2D eigenvalue weighted by molar-refractivity contribution is -0.144. The van der Waals surface area contributed by atoms with Crippen molar-refractivity contribution in [3.8, 4) is 0 Å². The number of nitrogens with zero attached hydrogens (tertiary/aromatic N) is 1. The van der Waals surface area contributed by atoms with Crippen LogP contribution in [0.5, 0.6) is 0 Å². The lowest BCUT2D eigenvalue weighted by Crippen LogP contribution is -2.30. The number of ether oxygens (including phenoxy) is 1. The van der Waals surface area contributed by atoms with Gasteiger partial charge in [-0.15, -0.1) is 0 Å². The van der Waals surface area contributed by atoms with Gasteiger partial charge in [0, 0.05) is 6.04 Å². The van der Waals surface area contributed by atoms with Crippen LogP contribution in [0.25, 0.3) is 0 Å². The van der Waals surface area contributed by atoms with Gasteiger partial charge in [0.25, 0.3) is 0 Å². The van der Waals surface area contributed by atoms with Crippen LogP contribution in [-0.2, 0) is 9.53 Å². The van der Waals surface area contributed by atoms with Crippen molar-refractivity contribution in [2.45, 2.75) is 40.2 Å². The van der Waals surface area contributed by atoms with Crippen LogP contribution in [0, 0.1) is 12.7 Å². The molecule has 3 nitrogen and oxygen atoms in total. The maximum Gasteiger partial charge on any atom is 0.307 e. The monoisotopic (exact) mass is 281 g/mol. The van der Waals surface area contributed by atoms with Gasteiger partial charge in [0.1, 0.15) is 5.82 Å². The molecular weight excluding hydrogens is 257 g/mol. The van der Waals surface area contributed by atoms with E-state index in [0.29, 0.717) is 12.2 Å². The first-order valence-corrected chi connectivity index (χ1v) is 7.19. The molecule has 0 radical (unpaired) electrons. The Hall–Kier alpha value is -1.42. The molecule has 1 rings (SSSR count). The molecule has 0 fully saturated rings. The third kappa shape index (κ3) is 4.30. The lowest BCUT2D eigenvalue weighted by Gasteiger charge is -2.29. The predicted octanol–water partition coefficient (Wildman–Crippen LogP) is 3.47. The highest BCUT2D eigenvalue weighted by molar-refractivity contribution is 5.70. The number of hydrogen-bond donors (Lipinski definition) is 0. The van der Waals surface area contributed by atoms with Gasteiger partial charge in [-0.25, -0.2) is 4.39 Å². The maximum atomic E-state index is 13.8. The minimum atomic E-state index is -0.245. The van der Waals surface area contributed by atoms with E-state index >= 15 is 0 Å². The highest BCUT2D eigenvalue weighted by atomic mass is 19.1. The van der Waals surface area contributed by atoms with Crippen LogP contribution in [0.4, 0.5) is 4.39 Å². The molecule has 0 aliphatic rings. The van der Waals surface area contributed by atoms with E-state index in [1.807, 2.05) is 19.9 Å². The molecule has 112 valence electrons. The predicted molar refractivity (Wildman–Crippen MR) is 78.0 cm³/mol. The number of rotatable bonds is 7. The highest BCUT2D eigenvalue weighted by Gasteiger charge is 2.22. The summed E-state index contributed by atoms with van der Waals surface area (Å²) in [5, 5.41) is 0. The number of esters is 1. The van der Waals surface area contributed by atoms with Crippen molar-refractivity contribution in [2.24, 2.45) is 0 Å². The van der Waals surface area contributed by atoms with E-state index in [1.54, 1.807) is 19.9 Å². The summed E-state index contributed by atoms with van der Waals surface area (Å²) < 4.78 is 18.8. The molecule has 0 saturated carbocycles. The second kappa shape index (κ2) is 8.00. The molecule has 0 N–H and O–H groups in total. The van der Waals surface area contributed by atoms with Crippen LogP contribution >= 0.6 is 0 Å². The van der Waals surface area contributed by atoms with E-state index < -0.39 is 0 Å². The Labute approximate surface area is 120 Å². The number of aryl methyl sites for hydroxylation is 1. The van der Waals surface area contributed by atoms with Gasteiger partial charge in [-0.3, -0.25) is 9.69 Å². The number of carbonyl (C=O) groups excluding carboxylic acids is 1. The summed E-state index contributed by atoms with van der Waals surface area (Å²) in [6.07, 6.45) is 0.248. The highest BCUT2D eigenvalue weighted by Crippen LogP contribution is 2.26. The van der Waals surface area contributed by atoms with Crippen LogP contribution in [0.2, 0.25) is 0 Å². The van der Waals surface area contributed by atoms with Gasteiger partial charge in [-0.05, 0) is 44.1 Å². The molecule has 1 atom stereocenters. The van der Waals surface area contributed by atoms with Crippen molar-refractivity contribution in [3.63, 3.8) is 0 Å². The molecule has 0 bridgehead atoms. The fraction of sp³-hybridized carbons (Fsp3) is 0.562. The Morgan fingerprint density at radius 1 is 1.30 bits per heavy atom. The molecule has 1 aromatic carbocycles. The van der Waals surface area contributed by atoms with Crippen LogP contribution in [0.3, 0.4) is 0 Å². The molecule has 0 aliphatic heterocycles. The molecule has 0 heterocycles. The molecule has 4 heteroatoms. The first-order chi connectivity index (χ1) is 9.53. The minimum Gasteiger partial charge on any atom is -0.466 e. The van der Waals surface area contributed by atoms with Crippen LogP contribution in [-0.4, -0.2) is 30.6 Å². The number of carbonyl (C=O) groups is 1. The SMILES string of the molecule is CCOC(=O)CC(c1ccc(C)c(F)c1)N(CC)CC. The van der Waals surface area contributed by atoms with Gasteiger partial charge in [0.05, 0.1) is 13.0 Å². The van der Waals surface area contributed by atoms with Gasteiger partial charge < -0.3 is 4.74 Å². The van der Waals surface area contributed by atoms with Gasteiger partial charge in [-0.2, -0.15) is 0 Å². The van der Waals surface area contributed by atoms with Gasteiger partial charge in [0.15, 0.2) is 0 Å². The lowest BCUT2D eigenvalue weighted by atomic mass is 10.00. The quantitative estimate of drug-likeness (QED) is 0.717. The fourth-order valence-electron chi connectivity index (χ4n) is 2.32. The summed E-state index contributed by atoms with van der Waals surface area (Å²) in [6, 6.07) is 5.03. The third-order valence-electron chi connectivity index (χ3n) is 3.50. The second-order valence-electron chi connectivity index (χ2n) is 4.75. The van der Waals surface area contributed by atoms with E-state index in [-0.39, 0.29) is 24.2 Å². The normalized spacial score (nSPS) is 12.5. The smallest absolute Gasteiger partial charge is 0.307 e. The van der Waals surface area contributed by atoms with E-state index in [0.717, 1.165) is 18.7 Å². The van der Waals surface area contributed by atoms with Crippen LogP contribution < -0.4 is 0 Å². The molecule has 0 aromatic heterocycles. The minimum absolute atomic E-state index is 0.140. The fourth-order valence-corrected chi connectivity index (χ4v) is 2.32. The molecular formula is C16H24FNO2. The Morgan fingerprint density at radius 2 is 1.95 bits per heavy atom. The Morgan fingerprint density at radius 3 is 2.45 bits per heavy atom. The van der Waals surface area contributed by atoms with Crippen molar-refractivity contribution in [1.82, 2.24) is 4.90 Å². The Balaban J connectivity index is 3.02. The number of halogens is 1. The molecule has 0 saturated heterocycles. The topological polar surface area (TPSA) is 29.5 Å². The van der Waals surface area contributed by atoms with Gasteiger partial charge >= 0.3 is 5.97 Å². The van der Waals surface area contributed by atoms with Crippen molar-refractivity contribution >= 4 is 5.97 Å². The zero-order valence-corrected chi connectivity index (χ0v) is 12.8. The van der Waals surface area contributed by atoms with E-state index in [1.165, 1.54) is 6.07 Å². The molecule has 20 heavy (non-hydrogen) atoms. The molecule has 0 spiro atoms. The maximum absolute atomic E-state index is 13.8. The first-order valence-electron chi connectivity index (χ1n) is 7.19. The summed E-state index contributed by atoms with van der Waals surface area (Å²) in [5.74, 6) is -0.478. The standard InChI is InChI=1S/C16H24FNO2/c1-5-18(6-2)15(11-16(19)20-7-3)13-9-8-12(4)14(17)10-13/h8-10,15H,5-7,11H2,1-4H3. The third-order valence-corrected chi connectivity index (χ3v) is 3.50. The Bertz CT molecular complexity index is 444. The summed E-state index contributed by atoms with van der Waals surface area (Å²) in [7, 11) is 0. The van der Waals surface area contributed by atoms with E-state index in [2.05, 4.69) is 4.90 Å². The molecule has 0 amide bonds. The van der Waals surface area contributed by atoms with Crippen molar-refractivity contribution < 1.29 is 13.9 Å². The molecule has 0 aliphatic carbocycles. The van der Waals surface area contributed by atoms with Crippen LogP contribution in [0.15, 0.2) is 18.2 Å². The summed E-state index contributed by atoms with van der Waals surface area (Å²) in [4.78, 5) is 13.9. The van der Waals surface area contributed by atoms with Crippen LogP contribution in [0.1, 0.15) is 44.4 Å². The number of hydrogen-bond acceptors (Lipinski definition) is 3. The average molecular weight is 281 g/mol. The summed E-state index contributed by atoms with van der Waals surface area (Å²) in [6.45, 7) is 9.56. The van der Waals surface area contributed by atoms with Crippen molar-refractivity contribution in [3.05, 3.63) is 35.1 Å². The first kappa shape index (κ1) is 16.6. The Kier molecular flexibility index (Phi) is 6.65. The zero-order chi connectivity index (χ0) is 15.1. The summed E-state index contributed by atoms with van der Waals surface area (Å²) in [5.41, 5.74) is 1.44. The van der Waals surface area contributed by atoms with E-state index in [9.17, 15) is 9.18 Å². The van der Waals surface area contributed by atoms with Crippen molar-refractivity contribution in [1.29, 1.82) is 0 Å². The van der Waals surface area contributed by atoms with Gasteiger partial charge in [-0.1, -0.05) is 26.0 Å².